The van der Waals surface area contributed by atoms with Crippen molar-refractivity contribution in [2.24, 2.45) is 0 Å². The van der Waals surface area contributed by atoms with Gasteiger partial charge in [0.2, 0.25) is 5.43 Å². The Balaban J connectivity index is 1.89. The first kappa shape index (κ1) is 15.6. The van der Waals surface area contributed by atoms with Gasteiger partial charge in [-0.2, -0.15) is 0 Å². The van der Waals surface area contributed by atoms with Crippen LogP contribution in [0.1, 0.15) is 12.2 Å². The van der Waals surface area contributed by atoms with Crippen LogP contribution < -0.4 is 19.6 Å². The molecule has 25 heavy (non-hydrogen) atoms. The smallest absolute Gasteiger partial charge is 0.200 e. The Kier molecular flexibility index (Phi) is 3.84. The van der Waals surface area contributed by atoms with Crippen molar-refractivity contribution in [2.75, 3.05) is 20.3 Å². The van der Waals surface area contributed by atoms with Gasteiger partial charge in [-0.05, 0) is 36.8 Å². The Morgan fingerprint density at radius 3 is 2.60 bits per heavy atom. The molecule has 0 radical (unpaired) electrons. The van der Waals surface area contributed by atoms with E-state index in [1.165, 1.54) is 0 Å². The molecule has 2 aromatic carbocycles. The van der Waals surface area contributed by atoms with E-state index in [0.717, 1.165) is 12.0 Å². The Morgan fingerprint density at radius 2 is 1.80 bits per heavy atom. The van der Waals surface area contributed by atoms with Crippen molar-refractivity contribution in [2.45, 2.75) is 13.3 Å². The van der Waals surface area contributed by atoms with Gasteiger partial charge in [0.1, 0.15) is 17.1 Å². The molecule has 0 saturated carbocycles. The van der Waals surface area contributed by atoms with Gasteiger partial charge in [0.25, 0.3) is 0 Å². The summed E-state index contributed by atoms with van der Waals surface area (Å²) in [4.78, 5) is 13.0. The summed E-state index contributed by atoms with van der Waals surface area (Å²) in [6.07, 6.45) is 0.836. The number of ether oxygens (including phenoxy) is 3. The van der Waals surface area contributed by atoms with Crippen LogP contribution in [0.4, 0.5) is 0 Å². The van der Waals surface area contributed by atoms with Crippen LogP contribution in [0, 0.1) is 6.92 Å². The summed E-state index contributed by atoms with van der Waals surface area (Å²) in [7, 11) is 1.58. The minimum absolute atomic E-state index is 0.0732. The molecule has 1 aliphatic rings. The van der Waals surface area contributed by atoms with Gasteiger partial charge in [-0.15, -0.1) is 0 Å². The molecule has 5 heteroatoms. The van der Waals surface area contributed by atoms with Crippen LogP contribution in [-0.4, -0.2) is 20.3 Å². The molecule has 2 heterocycles. The first-order valence-electron chi connectivity index (χ1n) is 8.19. The Morgan fingerprint density at radius 1 is 1.00 bits per heavy atom. The number of methoxy groups -OCH3 is 1. The molecule has 0 fully saturated rings. The fraction of sp³-hybridized carbons (Fsp3) is 0.250. The van der Waals surface area contributed by atoms with Crippen molar-refractivity contribution in [3.63, 3.8) is 0 Å². The van der Waals surface area contributed by atoms with Crippen molar-refractivity contribution in [3.05, 3.63) is 52.4 Å². The van der Waals surface area contributed by atoms with E-state index in [4.69, 9.17) is 18.6 Å². The summed E-state index contributed by atoms with van der Waals surface area (Å²) in [6.45, 7) is 3.02. The number of fused-ring (bicyclic) bond motifs is 2. The zero-order chi connectivity index (χ0) is 17.4. The second kappa shape index (κ2) is 6.16. The molecular weight excluding hydrogens is 320 g/mol. The highest BCUT2D eigenvalue weighted by atomic mass is 16.5. The molecule has 0 aliphatic carbocycles. The molecule has 0 bridgehead atoms. The lowest BCUT2D eigenvalue weighted by Crippen LogP contribution is -2.07. The van der Waals surface area contributed by atoms with E-state index in [2.05, 4.69) is 0 Å². The topological polar surface area (TPSA) is 57.9 Å². The summed E-state index contributed by atoms with van der Waals surface area (Å²) in [5.74, 6) is 2.57. The van der Waals surface area contributed by atoms with E-state index in [1.807, 2.05) is 18.2 Å². The summed E-state index contributed by atoms with van der Waals surface area (Å²) in [6, 6.07) is 10.8. The minimum atomic E-state index is -0.0732. The largest absolute Gasteiger partial charge is 0.497 e. The van der Waals surface area contributed by atoms with Crippen LogP contribution in [0.15, 0.2) is 45.6 Å². The van der Waals surface area contributed by atoms with E-state index in [-0.39, 0.29) is 5.43 Å². The van der Waals surface area contributed by atoms with Gasteiger partial charge in [-0.1, -0.05) is 6.07 Å². The van der Waals surface area contributed by atoms with Crippen molar-refractivity contribution >= 4 is 11.0 Å². The van der Waals surface area contributed by atoms with Crippen molar-refractivity contribution in [1.82, 2.24) is 0 Å². The zero-order valence-electron chi connectivity index (χ0n) is 14.1. The monoisotopic (exact) mass is 338 g/mol. The van der Waals surface area contributed by atoms with Gasteiger partial charge < -0.3 is 18.6 Å². The minimum Gasteiger partial charge on any atom is -0.497 e. The van der Waals surface area contributed by atoms with Gasteiger partial charge in [-0.25, -0.2) is 0 Å². The first-order chi connectivity index (χ1) is 12.2. The van der Waals surface area contributed by atoms with Crippen molar-refractivity contribution in [3.8, 4) is 28.4 Å². The molecule has 0 spiro atoms. The lowest BCUT2D eigenvalue weighted by atomic mass is 10.0. The zero-order valence-corrected chi connectivity index (χ0v) is 14.1. The number of benzene rings is 2. The van der Waals surface area contributed by atoms with E-state index >= 15 is 0 Å². The molecule has 3 aromatic rings. The molecule has 5 nitrogen and oxygen atoms in total. The summed E-state index contributed by atoms with van der Waals surface area (Å²) < 4.78 is 22.5. The van der Waals surface area contributed by atoms with Crippen LogP contribution in [0.3, 0.4) is 0 Å². The lowest BCUT2D eigenvalue weighted by Gasteiger charge is -2.11. The van der Waals surface area contributed by atoms with Crippen LogP contribution in [0.25, 0.3) is 22.1 Å². The van der Waals surface area contributed by atoms with Gasteiger partial charge in [0.15, 0.2) is 11.5 Å². The van der Waals surface area contributed by atoms with Gasteiger partial charge >= 0.3 is 0 Å². The normalized spacial score (nSPS) is 13.5. The first-order valence-corrected chi connectivity index (χ1v) is 8.19. The SMILES string of the molecule is COc1ccc2c(=O)c(-c3ccc4c(c3)OCCCO4)c(C)oc2c1. The van der Waals surface area contributed by atoms with Crippen molar-refractivity contribution in [1.29, 1.82) is 0 Å². The summed E-state index contributed by atoms with van der Waals surface area (Å²) in [5.41, 5.74) is 1.73. The van der Waals surface area contributed by atoms with Crippen LogP contribution >= 0.6 is 0 Å². The second-order valence-electron chi connectivity index (χ2n) is 5.94. The molecule has 1 aromatic heterocycles. The molecule has 4 rings (SSSR count). The lowest BCUT2D eigenvalue weighted by molar-refractivity contribution is 0.297. The molecule has 0 saturated heterocycles. The van der Waals surface area contributed by atoms with Crippen molar-refractivity contribution < 1.29 is 18.6 Å². The van der Waals surface area contributed by atoms with Crippen LogP contribution in [0.5, 0.6) is 17.2 Å². The average Bonchev–Trinajstić information content (AvgIpc) is 2.86. The highest BCUT2D eigenvalue weighted by Crippen LogP contribution is 2.35. The summed E-state index contributed by atoms with van der Waals surface area (Å²) in [5, 5.41) is 0.522. The Hall–Kier alpha value is -2.95. The van der Waals surface area contributed by atoms with E-state index < -0.39 is 0 Å². The molecule has 0 N–H and O–H groups in total. The Bertz CT molecular complexity index is 1000. The van der Waals surface area contributed by atoms with Crippen LogP contribution in [0.2, 0.25) is 0 Å². The van der Waals surface area contributed by atoms with Gasteiger partial charge in [0.05, 0.1) is 31.3 Å². The molecular formula is C20H18O5. The standard InChI is InChI=1S/C20H18O5/c1-12-19(13-4-7-16-18(10-13)24-9-3-8-23-16)20(21)15-6-5-14(22-2)11-17(15)25-12/h4-7,10-11H,3,8-9H2,1-2H3. The molecule has 0 amide bonds. The number of hydrogen-bond acceptors (Lipinski definition) is 5. The highest BCUT2D eigenvalue weighted by Gasteiger charge is 2.17. The maximum absolute atomic E-state index is 13.0. The number of rotatable bonds is 2. The number of hydrogen-bond donors (Lipinski definition) is 0. The maximum Gasteiger partial charge on any atom is 0.200 e. The molecule has 0 unspecified atom stereocenters. The predicted octanol–water partition coefficient (Wildman–Crippen LogP) is 3.94. The average molecular weight is 338 g/mol. The second-order valence-corrected chi connectivity index (χ2v) is 5.94. The fourth-order valence-electron chi connectivity index (χ4n) is 3.07. The third kappa shape index (κ3) is 2.71. The molecule has 128 valence electrons. The van der Waals surface area contributed by atoms with Gasteiger partial charge in [-0.3, -0.25) is 4.79 Å². The van der Waals surface area contributed by atoms with E-state index in [0.29, 0.717) is 52.8 Å². The predicted molar refractivity (Wildman–Crippen MR) is 94.8 cm³/mol. The van der Waals surface area contributed by atoms with E-state index in [1.54, 1.807) is 32.2 Å². The molecule has 0 atom stereocenters. The molecule has 1 aliphatic heterocycles. The van der Waals surface area contributed by atoms with Crippen LogP contribution in [-0.2, 0) is 0 Å². The fourth-order valence-corrected chi connectivity index (χ4v) is 3.07. The Labute approximate surface area is 144 Å². The third-order valence-corrected chi connectivity index (χ3v) is 4.31. The van der Waals surface area contributed by atoms with Gasteiger partial charge in [0, 0.05) is 12.5 Å². The summed E-state index contributed by atoms with van der Waals surface area (Å²) >= 11 is 0. The van der Waals surface area contributed by atoms with E-state index in [9.17, 15) is 4.79 Å². The third-order valence-electron chi connectivity index (χ3n) is 4.31. The number of aryl methyl sites for hydroxylation is 1. The quantitative estimate of drug-likeness (QED) is 0.708. The highest BCUT2D eigenvalue weighted by molar-refractivity contribution is 5.84. The maximum atomic E-state index is 13.0.